The molecule has 1 aromatic rings. The van der Waals surface area contributed by atoms with Crippen molar-refractivity contribution in [3.63, 3.8) is 0 Å². The molecule has 0 amide bonds. The first-order valence-corrected chi connectivity index (χ1v) is 6.93. The molecule has 0 spiro atoms. The highest BCUT2D eigenvalue weighted by molar-refractivity contribution is 6.21. The van der Waals surface area contributed by atoms with Crippen LogP contribution in [0, 0.1) is 26.7 Å². The average molecular weight is 252 g/mol. The molecule has 0 saturated heterocycles. The highest BCUT2D eigenvalue weighted by atomic mass is 35.5. The van der Waals surface area contributed by atoms with E-state index in [9.17, 15) is 0 Å². The Labute approximate surface area is 110 Å². The van der Waals surface area contributed by atoms with Crippen molar-refractivity contribution in [3.8, 4) is 0 Å². The third kappa shape index (κ3) is 3.46. The summed E-state index contributed by atoms with van der Waals surface area (Å²) < 4.78 is 0. The van der Waals surface area contributed by atoms with Crippen molar-refractivity contribution in [3.05, 3.63) is 34.4 Å². The average Bonchev–Trinajstić information content (AvgIpc) is 3.04. The molecule has 0 bridgehead atoms. The van der Waals surface area contributed by atoms with Crippen LogP contribution in [0.25, 0.3) is 0 Å². The fourth-order valence-corrected chi connectivity index (χ4v) is 2.81. The predicted molar refractivity (Wildman–Crippen MR) is 74.7 cm³/mol. The molecular formula is C15H22ClN. The van der Waals surface area contributed by atoms with Gasteiger partial charge in [0.25, 0.3) is 0 Å². The van der Waals surface area contributed by atoms with Crippen LogP contribution in [-0.2, 0) is 6.54 Å². The van der Waals surface area contributed by atoms with Gasteiger partial charge in [0.2, 0.25) is 0 Å². The van der Waals surface area contributed by atoms with E-state index in [-0.39, 0.29) is 0 Å². The van der Waals surface area contributed by atoms with Gasteiger partial charge in [-0.05, 0) is 56.2 Å². The van der Waals surface area contributed by atoms with Gasteiger partial charge in [-0.25, -0.2) is 0 Å². The first-order valence-electron chi connectivity index (χ1n) is 6.49. The van der Waals surface area contributed by atoms with Crippen LogP contribution in [0.4, 0.5) is 0 Å². The van der Waals surface area contributed by atoms with Gasteiger partial charge in [0.05, 0.1) is 0 Å². The highest BCUT2D eigenvalue weighted by Crippen LogP contribution is 2.35. The van der Waals surface area contributed by atoms with E-state index in [1.807, 2.05) is 0 Å². The maximum absolute atomic E-state index is 6.29. The summed E-state index contributed by atoms with van der Waals surface area (Å²) in [6.07, 6.45) is 2.64. The SMILES string of the molecule is Cc1cc(C)c(CNCC(Cl)C2CC2)c(C)c1. The smallest absolute Gasteiger partial charge is 0.0488 e. The number of nitrogens with one attached hydrogen (secondary N) is 1. The van der Waals surface area contributed by atoms with Gasteiger partial charge < -0.3 is 5.32 Å². The van der Waals surface area contributed by atoms with Gasteiger partial charge in [0.1, 0.15) is 0 Å². The summed E-state index contributed by atoms with van der Waals surface area (Å²) in [5, 5.41) is 3.81. The zero-order chi connectivity index (χ0) is 12.4. The lowest BCUT2D eigenvalue weighted by Gasteiger charge is -2.14. The first kappa shape index (κ1) is 12.9. The third-order valence-corrected chi connectivity index (χ3v) is 4.13. The lowest BCUT2D eigenvalue weighted by Crippen LogP contribution is -2.24. The van der Waals surface area contributed by atoms with E-state index in [4.69, 9.17) is 11.6 Å². The number of hydrogen-bond acceptors (Lipinski definition) is 1. The van der Waals surface area contributed by atoms with E-state index >= 15 is 0 Å². The van der Waals surface area contributed by atoms with Crippen molar-refractivity contribution in [1.29, 1.82) is 0 Å². The van der Waals surface area contributed by atoms with Crippen LogP contribution in [-0.4, -0.2) is 11.9 Å². The Kier molecular flexibility index (Phi) is 4.11. The zero-order valence-corrected chi connectivity index (χ0v) is 11.8. The highest BCUT2D eigenvalue weighted by Gasteiger charge is 2.29. The van der Waals surface area contributed by atoms with Crippen LogP contribution < -0.4 is 5.32 Å². The van der Waals surface area contributed by atoms with Crippen LogP contribution in [0.15, 0.2) is 12.1 Å². The summed E-state index contributed by atoms with van der Waals surface area (Å²) in [5.41, 5.74) is 5.53. The van der Waals surface area contributed by atoms with Crippen molar-refractivity contribution >= 4 is 11.6 Å². The summed E-state index contributed by atoms with van der Waals surface area (Å²) in [4.78, 5) is 0. The number of aryl methyl sites for hydroxylation is 3. The van der Waals surface area contributed by atoms with E-state index in [0.29, 0.717) is 5.38 Å². The van der Waals surface area contributed by atoms with Crippen molar-refractivity contribution < 1.29 is 0 Å². The molecule has 1 saturated carbocycles. The number of benzene rings is 1. The predicted octanol–water partition coefficient (Wildman–Crippen LogP) is 3.72. The monoisotopic (exact) mass is 251 g/mol. The zero-order valence-electron chi connectivity index (χ0n) is 11.0. The molecule has 2 rings (SSSR count). The molecule has 1 aliphatic carbocycles. The number of halogens is 1. The fourth-order valence-electron chi connectivity index (χ4n) is 2.45. The molecule has 0 aliphatic heterocycles. The molecule has 0 aromatic heterocycles. The van der Waals surface area contributed by atoms with Crippen molar-refractivity contribution in [2.75, 3.05) is 6.54 Å². The second kappa shape index (κ2) is 5.41. The molecule has 0 heterocycles. The van der Waals surface area contributed by atoms with E-state index in [0.717, 1.165) is 19.0 Å². The molecule has 1 atom stereocenters. The van der Waals surface area contributed by atoms with E-state index in [1.54, 1.807) is 0 Å². The summed E-state index contributed by atoms with van der Waals surface area (Å²) in [6, 6.07) is 4.51. The minimum atomic E-state index is 0.320. The van der Waals surface area contributed by atoms with E-state index < -0.39 is 0 Å². The fraction of sp³-hybridized carbons (Fsp3) is 0.600. The largest absolute Gasteiger partial charge is 0.311 e. The van der Waals surface area contributed by atoms with Crippen molar-refractivity contribution in [2.24, 2.45) is 5.92 Å². The Balaban J connectivity index is 1.89. The Bertz CT molecular complexity index is 373. The molecular weight excluding hydrogens is 230 g/mol. The molecule has 94 valence electrons. The molecule has 1 aromatic carbocycles. The van der Waals surface area contributed by atoms with Gasteiger partial charge in [0.15, 0.2) is 0 Å². The molecule has 1 nitrogen and oxygen atoms in total. The van der Waals surface area contributed by atoms with Crippen LogP contribution >= 0.6 is 11.6 Å². The van der Waals surface area contributed by atoms with Crippen LogP contribution in [0.3, 0.4) is 0 Å². The van der Waals surface area contributed by atoms with Gasteiger partial charge >= 0.3 is 0 Å². The van der Waals surface area contributed by atoms with Crippen LogP contribution in [0.2, 0.25) is 0 Å². The number of hydrogen-bond donors (Lipinski definition) is 1. The molecule has 1 unspecified atom stereocenters. The minimum Gasteiger partial charge on any atom is -0.311 e. The third-order valence-electron chi connectivity index (χ3n) is 3.62. The quantitative estimate of drug-likeness (QED) is 0.787. The molecule has 1 aliphatic rings. The van der Waals surface area contributed by atoms with Crippen LogP contribution in [0.5, 0.6) is 0 Å². The topological polar surface area (TPSA) is 12.0 Å². The maximum atomic E-state index is 6.29. The van der Waals surface area contributed by atoms with Gasteiger partial charge in [-0.2, -0.15) is 0 Å². The second-order valence-corrected chi connectivity index (χ2v) is 5.92. The van der Waals surface area contributed by atoms with Gasteiger partial charge in [-0.15, -0.1) is 11.6 Å². The number of alkyl halides is 1. The van der Waals surface area contributed by atoms with E-state index in [2.05, 4.69) is 38.2 Å². The summed E-state index contributed by atoms with van der Waals surface area (Å²) in [5.74, 6) is 0.768. The number of rotatable bonds is 5. The molecule has 17 heavy (non-hydrogen) atoms. The molecule has 2 heteroatoms. The van der Waals surface area contributed by atoms with Crippen LogP contribution in [0.1, 0.15) is 35.1 Å². The second-order valence-electron chi connectivity index (χ2n) is 5.36. The first-order chi connectivity index (χ1) is 8.08. The molecule has 1 fully saturated rings. The standard InChI is InChI=1S/C15H22ClN/c1-10-6-11(2)14(12(3)7-10)8-17-9-15(16)13-4-5-13/h6-7,13,15,17H,4-5,8-9H2,1-3H3. The van der Waals surface area contributed by atoms with Gasteiger partial charge in [0, 0.05) is 18.5 Å². The molecule has 0 radical (unpaired) electrons. The van der Waals surface area contributed by atoms with Crippen molar-refractivity contribution in [1.82, 2.24) is 5.32 Å². The normalized spacial score (nSPS) is 17.2. The van der Waals surface area contributed by atoms with Gasteiger partial charge in [-0.1, -0.05) is 17.7 Å². The van der Waals surface area contributed by atoms with Gasteiger partial charge in [-0.3, -0.25) is 0 Å². The Morgan fingerprint density at radius 2 is 1.82 bits per heavy atom. The molecule has 1 N–H and O–H groups in total. The minimum absolute atomic E-state index is 0.320. The Morgan fingerprint density at radius 3 is 2.35 bits per heavy atom. The Morgan fingerprint density at radius 1 is 1.24 bits per heavy atom. The maximum Gasteiger partial charge on any atom is 0.0488 e. The van der Waals surface area contributed by atoms with E-state index in [1.165, 1.54) is 35.1 Å². The summed E-state index contributed by atoms with van der Waals surface area (Å²) >= 11 is 6.29. The summed E-state index contributed by atoms with van der Waals surface area (Å²) in [6.45, 7) is 8.40. The Hall–Kier alpha value is -0.530. The lowest BCUT2D eigenvalue weighted by molar-refractivity contribution is 0.617. The lowest BCUT2D eigenvalue weighted by atomic mass is 10.00. The van der Waals surface area contributed by atoms with Crippen molar-refractivity contribution in [2.45, 2.75) is 45.5 Å². The summed E-state index contributed by atoms with van der Waals surface area (Å²) in [7, 11) is 0.